The maximum Gasteiger partial charge on any atom is 0.408 e. The van der Waals surface area contributed by atoms with Crippen LogP contribution in [0, 0.1) is 5.92 Å². The van der Waals surface area contributed by atoms with Crippen molar-refractivity contribution in [3.8, 4) is 0 Å². The van der Waals surface area contributed by atoms with Crippen LogP contribution >= 0.6 is 15.9 Å². The normalized spacial score (nSPS) is 14.3. The first-order chi connectivity index (χ1) is 8.03. The molecule has 0 aromatic rings. The molecule has 0 aliphatic heterocycles. The number of carbonyl (C=O) groups is 2. The maximum absolute atomic E-state index is 11.6. The molecule has 1 atom stereocenters. The molecule has 18 heavy (non-hydrogen) atoms. The molecule has 2 N–H and O–H groups in total. The van der Waals surface area contributed by atoms with Crippen molar-refractivity contribution in [1.82, 2.24) is 5.32 Å². The van der Waals surface area contributed by atoms with Crippen LogP contribution in [0.5, 0.6) is 0 Å². The Bertz CT molecular complexity index is 344. The summed E-state index contributed by atoms with van der Waals surface area (Å²) in [5.41, 5.74) is -0.584. The van der Waals surface area contributed by atoms with Crippen LogP contribution < -0.4 is 5.32 Å². The van der Waals surface area contributed by atoms with Crippen LogP contribution in [-0.4, -0.2) is 28.8 Å². The van der Waals surface area contributed by atoms with E-state index in [2.05, 4.69) is 21.2 Å². The monoisotopic (exact) mass is 321 g/mol. The van der Waals surface area contributed by atoms with E-state index < -0.39 is 23.7 Å². The molecule has 0 saturated carbocycles. The molecule has 1 amide bonds. The molecule has 0 heterocycles. The molecular weight excluding hydrogens is 302 g/mol. The van der Waals surface area contributed by atoms with Crippen molar-refractivity contribution >= 4 is 28.0 Å². The number of aliphatic carboxylic acids is 1. The molecule has 104 valence electrons. The van der Waals surface area contributed by atoms with E-state index in [0.29, 0.717) is 0 Å². The Morgan fingerprint density at radius 3 is 2.17 bits per heavy atom. The molecule has 0 radical (unpaired) electrons. The second-order valence-corrected chi connectivity index (χ2v) is 6.09. The van der Waals surface area contributed by atoms with Crippen LogP contribution in [0.25, 0.3) is 0 Å². The van der Waals surface area contributed by atoms with E-state index in [0.717, 1.165) is 0 Å². The van der Waals surface area contributed by atoms with Gasteiger partial charge in [0.05, 0.1) is 6.04 Å². The van der Waals surface area contributed by atoms with Gasteiger partial charge in [-0.15, -0.1) is 0 Å². The number of hydrogen-bond donors (Lipinski definition) is 2. The minimum atomic E-state index is -1.08. The number of carboxylic acid groups (broad SMARTS) is 1. The summed E-state index contributed by atoms with van der Waals surface area (Å²) in [6.45, 7) is 9.04. The average molecular weight is 322 g/mol. The lowest BCUT2D eigenvalue weighted by atomic mass is 10.0. The van der Waals surface area contributed by atoms with Crippen LogP contribution in [0.15, 0.2) is 10.6 Å². The largest absolute Gasteiger partial charge is 0.477 e. The highest BCUT2D eigenvalue weighted by Gasteiger charge is 2.21. The molecule has 0 bridgehead atoms. The molecule has 0 fully saturated rings. The molecule has 0 aromatic heterocycles. The van der Waals surface area contributed by atoms with E-state index in [1.807, 2.05) is 13.8 Å². The van der Waals surface area contributed by atoms with Crippen molar-refractivity contribution in [3.63, 3.8) is 0 Å². The van der Waals surface area contributed by atoms with E-state index in [1.54, 1.807) is 20.8 Å². The molecular formula is C12H20BrNO4. The van der Waals surface area contributed by atoms with Crippen molar-refractivity contribution < 1.29 is 19.4 Å². The average Bonchev–Trinajstić information content (AvgIpc) is 2.12. The molecule has 0 spiro atoms. The van der Waals surface area contributed by atoms with Crippen LogP contribution in [-0.2, 0) is 9.53 Å². The first kappa shape index (κ1) is 17.0. The van der Waals surface area contributed by atoms with E-state index >= 15 is 0 Å². The van der Waals surface area contributed by atoms with Crippen molar-refractivity contribution in [2.45, 2.75) is 46.3 Å². The fourth-order valence-corrected chi connectivity index (χ4v) is 1.36. The van der Waals surface area contributed by atoms with Gasteiger partial charge in [0, 0.05) is 0 Å². The first-order valence-corrected chi connectivity index (χ1v) is 6.42. The fraction of sp³-hybridized carbons (Fsp3) is 0.667. The third-order valence-corrected chi connectivity index (χ3v) is 2.54. The highest BCUT2D eigenvalue weighted by Crippen LogP contribution is 2.13. The molecule has 0 saturated heterocycles. The van der Waals surface area contributed by atoms with Gasteiger partial charge >= 0.3 is 12.1 Å². The Hall–Kier alpha value is -1.04. The lowest BCUT2D eigenvalue weighted by Crippen LogP contribution is -2.41. The van der Waals surface area contributed by atoms with Crippen molar-refractivity contribution in [3.05, 3.63) is 10.6 Å². The molecule has 0 aromatic carbocycles. The minimum Gasteiger partial charge on any atom is -0.477 e. The number of carbonyl (C=O) groups excluding carboxylic acids is 1. The smallest absolute Gasteiger partial charge is 0.408 e. The first-order valence-electron chi connectivity index (χ1n) is 5.63. The fourth-order valence-electron chi connectivity index (χ4n) is 1.07. The molecule has 0 aliphatic carbocycles. The van der Waals surface area contributed by atoms with Gasteiger partial charge in [-0.1, -0.05) is 13.8 Å². The van der Waals surface area contributed by atoms with Gasteiger partial charge in [-0.05, 0) is 48.7 Å². The van der Waals surface area contributed by atoms with Gasteiger partial charge in [-0.2, -0.15) is 0 Å². The van der Waals surface area contributed by atoms with Gasteiger partial charge in [0.2, 0.25) is 0 Å². The number of hydrogen-bond acceptors (Lipinski definition) is 3. The van der Waals surface area contributed by atoms with Gasteiger partial charge in [0.15, 0.2) is 0 Å². The summed E-state index contributed by atoms with van der Waals surface area (Å²) >= 11 is 2.93. The molecule has 0 aliphatic rings. The van der Waals surface area contributed by atoms with Crippen molar-refractivity contribution in [1.29, 1.82) is 0 Å². The zero-order valence-corrected chi connectivity index (χ0v) is 12.9. The number of carboxylic acids is 1. The summed E-state index contributed by atoms with van der Waals surface area (Å²) in [5.74, 6) is -1.03. The van der Waals surface area contributed by atoms with Crippen LogP contribution in [0.1, 0.15) is 34.6 Å². The minimum absolute atomic E-state index is 0.0114. The predicted octanol–water partition coefficient (Wildman–Crippen LogP) is 2.90. The Balaban J connectivity index is 4.71. The topological polar surface area (TPSA) is 75.6 Å². The van der Waals surface area contributed by atoms with Gasteiger partial charge < -0.3 is 15.2 Å². The quantitative estimate of drug-likeness (QED) is 0.780. The summed E-state index contributed by atoms with van der Waals surface area (Å²) in [7, 11) is 0. The number of amides is 1. The molecule has 5 nitrogen and oxygen atoms in total. The van der Waals surface area contributed by atoms with E-state index in [9.17, 15) is 9.59 Å². The summed E-state index contributed by atoms with van der Waals surface area (Å²) in [5, 5.41) is 11.4. The standard InChI is InChI=1S/C12H20BrNO4/c1-7(2)9(6-8(13)10(15)16)14-11(17)18-12(3,4)5/h6-7,9H,1-5H3,(H,14,17)(H,15,16). The molecule has 6 heteroatoms. The van der Waals surface area contributed by atoms with Crippen molar-refractivity contribution in [2.24, 2.45) is 5.92 Å². The van der Waals surface area contributed by atoms with Crippen LogP contribution in [0.2, 0.25) is 0 Å². The summed E-state index contributed by atoms with van der Waals surface area (Å²) < 4.78 is 5.13. The lowest BCUT2D eigenvalue weighted by Gasteiger charge is -2.24. The Kier molecular flexibility index (Phi) is 6.38. The highest BCUT2D eigenvalue weighted by atomic mass is 79.9. The number of ether oxygens (including phenoxy) is 1. The second kappa shape index (κ2) is 6.78. The van der Waals surface area contributed by atoms with E-state index in [4.69, 9.17) is 9.84 Å². The van der Waals surface area contributed by atoms with Gasteiger partial charge in [-0.25, -0.2) is 9.59 Å². The number of rotatable bonds is 4. The Morgan fingerprint density at radius 1 is 1.33 bits per heavy atom. The SMILES string of the molecule is CC(C)C(C=C(Br)C(=O)O)NC(=O)OC(C)(C)C. The zero-order valence-electron chi connectivity index (χ0n) is 11.3. The molecule has 1 unspecified atom stereocenters. The second-order valence-electron chi connectivity index (χ2n) is 5.24. The molecule has 0 rings (SSSR count). The predicted molar refractivity (Wildman–Crippen MR) is 72.6 cm³/mol. The number of halogens is 1. The lowest BCUT2D eigenvalue weighted by molar-refractivity contribution is -0.131. The number of alkyl carbamates (subject to hydrolysis) is 1. The van der Waals surface area contributed by atoms with E-state index in [-0.39, 0.29) is 10.4 Å². The zero-order chi connectivity index (χ0) is 14.5. The Morgan fingerprint density at radius 2 is 1.83 bits per heavy atom. The van der Waals surface area contributed by atoms with Crippen LogP contribution in [0.4, 0.5) is 4.79 Å². The summed E-state index contributed by atoms with van der Waals surface area (Å²) in [6.07, 6.45) is 0.875. The van der Waals surface area contributed by atoms with Gasteiger partial charge in [-0.3, -0.25) is 0 Å². The third kappa shape index (κ3) is 7.32. The van der Waals surface area contributed by atoms with Crippen LogP contribution in [0.3, 0.4) is 0 Å². The highest BCUT2D eigenvalue weighted by molar-refractivity contribution is 9.12. The third-order valence-electron chi connectivity index (χ3n) is 1.93. The number of nitrogens with one attached hydrogen (secondary N) is 1. The Labute approximate surface area is 116 Å². The summed E-state index contributed by atoms with van der Waals surface area (Å²) in [6, 6.07) is -0.412. The van der Waals surface area contributed by atoms with E-state index in [1.165, 1.54) is 6.08 Å². The van der Waals surface area contributed by atoms with Gasteiger partial charge in [0.1, 0.15) is 10.1 Å². The summed E-state index contributed by atoms with van der Waals surface area (Å²) in [4.78, 5) is 22.3. The maximum atomic E-state index is 11.6. The van der Waals surface area contributed by atoms with Crippen molar-refractivity contribution in [2.75, 3.05) is 0 Å². The van der Waals surface area contributed by atoms with Gasteiger partial charge in [0.25, 0.3) is 0 Å².